The predicted molar refractivity (Wildman–Crippen MR) is 77.2 cm³/mol. The van der Waals surface area contributed by atoms with Crippen LogP contribution in [0.2, 0.25) is 0 Å². The van der Waals surface area contributed by atoms with Gasteiger partial charge in [0.15, 0.2) is 11.6 Å². The van der Waals surface area contributed by atoms with Gasteiger partial charge >= 0.3 is 0 Å². The van der Waals surface area contributed by atoms with E-state index in [1.807, 2.05) is 26.8 Å². The largest absolute Gasteiger partial charge is 0.490 e. The predicted octanol–water partition coefficient (Wildman–Crippen LogP) is 2.23. The second-order valence-electron chi connectivity index (χ2n) is 4.83. The van der Waals surface area contributed by atoms with Crippen molar-refractivity contribution >= 4 is 5.91 Å². The molecule has 0 spiro atoms. The SMILES string of the molecule is CCNCc1cccc(F)c1OCCC(=O)NC(C)C. The van der Waals surface area contributed by atoms with Gasteiger partial charge in [0, 0.05) is 18.2 Å². The van der Waals surface area contributed by atoms with Crippen molar-refractivity contribution in [3.8, 4) is 5.75 Å². The Bertz CT molecular complexity index is 436. The molecule has 5 heteroatoms. The Morgan fingerprint density at radius 3 is 2.80 bits per heavy atom. The zero-order valence-electron chi connectivity index (χ0n) is 12.3. The Balaban J connectivity index is 2.56. The van der Waals surface area contributed by atoms with E-state index in [9.17, 15) is 9.18 Å². The van der Waals surface area contributed by atoms with Crippen molar-refractivity contribution in [2.45, 2.75) is 39.8 Å². The van der Waals surface area contributed by atoms with E-state index in [0.29, 0.717) is 6.54 Å². The number of rotatable bonds is 8. The highest BCUT2D eigenvalue weighted by atomic mass is 19.1. The average Bonchev–Trinajstić information content (AvgIpc) is 2.38. The number of benzene rings is 1. The topological polar surface area (TPSA) is 50.4 Å². The number of amides is 1. The van der Waals surface area contributed by atoms with E-state index in [1.54, 1.807) is 6.07 Å². The van der Waals surface area contributed by atoms with Crippen LogP contribution in [0.15, 0.2) is 18.2 Å². The molecule has 0 atom stereocenters. The Kier molecular flexibility index (Phi) is 7.01. The van der Waals surface area contributed by atoms with E-state index in [-0.39, 0.29) is 30.7 Å². The van der Waals surface area contributed by atoms with Crippen LogP contribution in [0.25, 0.3) is 0 Å². The van der Waals surface area contributed by atoms with Crippen LogP contribution in [0.4, 0.5) is 4.39 Å². The molecule has 112 valence electrons. The molecule has 20 heavy (non-hydrogen) atoms. The van der Waals surface area contributed by atoms with Crippen LogP contribution in [0, 0.1) is 5.82 Å². The zero-order chi connectivity index (χ0) is 15.0. The third kappa shape index (κ3) is 5.57. The Morgan fingerprint density at radius 2 is 2.15 bits per heavy atom. The number of carbonyl (C=O) groups excluding carboxylic acids is 1. The first-order chi connectivity index (χ1) is 9.54. The Hall–Kier alpha value is -1.62. The van der Waals surface area contributed by atoms with Crippen molar-refractivity contribution < 1.29 is 13.9 Å². The van der Waals surface area contributed by atoms with Crippen LogP contribution in [-0.2, 0) is 11.3 Å². The molecule has 0 fully saturated rings. The Labute approximate surface area is 119 Å². The van der Waals surface area contributed by atoms with Crippen molar-refractivity contribution in [1.82, 2.24) is 10.6 Å². The molecule has 1 amide bonds. The number of hydrogen-bond acceptors (Lipinski definition) is 3. The van der Waals surface area contributed by atoms with Crippen molar-refractivity contribution in [2.24, 2.45) is 0 Å². The van der Waals surface area contributed by atoms with Gasteiger partial charge in [-0.25, -0.2) is 4.39 Å². The van der Waals surface area contributed by atoms with Gasteiger partial charge in [-0.15, -0.1) is 0 Å². The minimum Gasteiger partial charge on any atom is -0.490 e. The summed E-state index contributed by atoms with van der Waals surface area (Å²) >= 11 is 0. The van der Waals surface area contributed by atoms with Gasteiger partial charge in [0.2, 0.25) is 5.91 Å². The highest BCUT2D eigenvalue weighted by Gasteiger charge is 2.10. The van der Waals surface area contributed by atoms with Crippen LogP contribution in [-0.4, -0.2) is 25.1 Å². The zero-order valence-corrected chi connectivity index (χ0v) is 12.3. The fraction of sp³-hybridized carbons (Fsp3) is 0.533. The molecular weight excluding hydrogens is 259 g/mol. The lowest BCUT2D eigenvalue weighted by atomic mass is 10.2. The van der Waals surface area contributed by atoms with E-state index in [1.165, 1.54) is 6.07 Å². The average molecular weight is 282 g/mol. The molecule has 0 unspecified atom stereocenters. The first-order valence-corrected chi connectivity index (χ1v) is 6.94. The summed E-state index contributed by atoms with van der Waals surface area (Å²) in [5.74, 6) is -0.264. The smallest absolute Gasteiger partial charge is 0.223 e. The van der Waals surface area contributed by atoms with Crippen molar-refractivity contribution in [1.29, 1.82) is 0 Å². The molecule has 0 aliphatic rings. The minimum atomic E-state index is -0.398. The standard InChI is InChI=1S/C15H23FN2O2/c1-4-17-10-12-6-5-7-13(16)15(12)20-9-8-14(19)18-11(2)3/h5-7,11,17H,4,8-10H2,1-3H3,(H,18,19). The van der Waals surface area contributed by atoms with Gasteiger partial charge in [-0.05, 0) is 26.5 Å². The van der Waals surface area contributed by atoms with Gasteiger partial charge in [-0.2, -0.15) is 0 Å². The number of nitrogens with one attached hydrogen (secondary N) is 2. The van der Waals surface area contributed by atoms with Crippen molar-refractivity contribution in [3.63, 3.8) is 0 Å². The normalized spacial score (nSPS) is 10.7. The van der Waals surface area contributed by atoms with Crippen LogP contribution < -0.4 is 15.4 Å². The van der Waals surface area contributed by atoms with Crippen LogP contribution >= 0.6 is 0 Å². The number of para-hydroxylation sites is 1. The lowest BCUT2D eigenvalue weighted by Gasteiger charge is -2.13. The molecule has 0 aromatic heterocycles. The molecule has 0 bridgehead atoms. The fourth-order valence-corrected chi connectivity index (χ4v) is 1.75. The third-order valence-corrected chi connectivity index (χ3v) is 2.64. The molecule has 0 saturated heterocycles. The number of carbonyl (C=O) groups is 1. The minimum absolute atomic E-state index is 0.0930. The van der Waals surface area contributed by atoms with Crippen LogP contribution in [0.3, 0.4) is 0 Å². The highest BCUT2D eigenvalue weighted by molar-refractivity contribution is 5.76. The van der Waals surface area contributed by atoms with Crippen LogP contribution in [0.1, 0.15) is 32.8 Å². The molecule has 1 aromatic carbocycles. The summed E-state index contributed by atoms with van der Waals surface area (Å²) in [5.41, 5.74) is 0.760. The molecule has 0 aliphatic heterocycles. The Morgan fingerprint density at radius 1 is 1.40 bits per heavy atom. The molecule has 0 radical (unpaired) electrons. The first-order valence-electron chi connectivity index (χ1n) is 6.94. The number of hydrogen-bond donors (Lipinski definition) is 2. The third-order valence-electron chi connectivity index (χ3n) is 2.64. The molecule has 2 N–H and O–H groups in total. The molecule has 0 saturated carbocycles. The summed E-state index contributed by atoms with van der Waals surface area (Å²) in [7, 11) is 0. The molecule has 0 heterocycles. The quantitative estimate of drug-likeness (QED) is 0.769. The van der Waals surface area contributed by atoms with Crippen LogP contribution in [0.5, 0.6) is 5.75 Å². The van der Waals surface area contributed by atoms with E-state index in [2.05, 4.69) is 10.6 Å². The molecule has 4 nitrogen and oxygen atoms in total. The van der Waals surface area contributed by atoms with E-state index in [0.717, 1.165) is 12.1 Å². The van der Waals surface area contributed by atoms with Gasteiger partial charge in [0.05, 0.1) is 13.0 Å². The van der Waals surface area contributed by atoms with Crippen molar-refractivity contribution in [3.05, 3.63) is 29.6 Å². The maximum Gasteiger partial charge on any atom is 0.223 e. The number of halogens is 1. The van der Waals surface area contributed by atoms with Crippen molar-refractivity contribution in [2.75, 3.05) is 13.2 Å². The van der Waals surface area contributed by atoms with E-state index < -0.39 is 5.82 Å². The van der Waals surface area contributed by atoms with Gasteiger partial charge in [0.1, 0.15) is 0 Å². The van der Waals surface area contributed by atoms with E-state index in [4.69, 9.17) is 4.74 Å². The summed E-state index contributed by atoms with van der Waals surface area (Å²) in [4.78, 5) is 11.5. The van der Waals surface area contributed by atoms with Gasteiger partial charge in [-0.3, -0.25) is 4.79 Å². The van der Waals surface area contributed by atoms with Gasteiger partial charge in [-0.1, -0.05) is 19.1 Å². The van der Waals surface area contributed by atoms with Gasteiger partial charge in [0.25, 0.3) is 0 Å². The second-order valence-corrected chi connectivity index (χ2v) is 4.83. The lowest BCUT2D eigenvalue weighted by molar-refractivity contribution is -0.122. The maximum absolute atomic E-state index is 13.8. The summed E-state index contributed by atoms with van der Waals surface area (Å²) < 4.78 is 19.2. The molecular formula is C15H23FN2O2. The molecule has 0 aliphatic carbocycles. The molecule has 1 rings (SSSR count). The summed E-state index contributed by atoms with van der Waals surface area (Å²) in [5, 5.41) is 5.90. The lowest BCUT2D eigenvalue weighted by Crippen LogP contribution is -2.31. The second kappa shape index (κ2) is 8.53. The monoisotopic (exact) mass is 282 g/mol. The highest BCUT2D eigenvalue weighted by Crippen LogP contribution is 2.22. The molecule has 1 aromatic rings. The summed E-state index contributed by atoms with van der Waals surface area (Å²) in [6.07, 6.45) is 0.215. The first kappa shape index (κ1) is 16.4. The fourth-order valence-electron chi connectivity index (χ4n) is 1.75. The van der Waals surface area contributed by atoms with Gasteiger partial charge < -0.3 is 15.4 Å². The summed E-state index contributed by atoms with van der Waals surface area (Å²) in [6.45, 7) is 7.28. The maximum atomic E-state index is 13.8. The number of ether oxygens (including phenoxy) is 1. The van der Waals surface area contributed by atoms with E-state index >= 15 is 0 Å². The summed E-state index contributed by atoms with van der Waals surface area (Å²) in [6, 6.07) is 4.93.